The third-order valence-electron chi connectivity index (χ3n) is 10.9. The highest BCUT2D eigenvalue weighted by atomic mass is 35.5. The highest BCUT2D eigenvalue weighted by Crippen LogP contribution is 2.30. The first-order chi connectivity index (χ1) is 30.4. The number of halogens is 7. The summed E-state index contributed by atoms with van der Waals surface area (Å²) in [5.41, 5.74) is 2.36. The van der Waals surface area contributed by atoms with E-state index in [-0.39, 0.29) is 72.1 Å². The number of amides is 2. The zero-order chi connectivity index (χ0) is 44.5. The van der Waals surface area contributed by atoms with Crippen LogP contribution in [0.2, 0.25) is 0 Å². The van der Waals surface area contributed by atoms with Crippen LogP contribution in [0.25, 0.3) is 22.9 Å². The van der Waals surface area contributed by atoms with Crippen LogP contribution in [-0.2, 0) is 22.7 Å². The number of carbonyl (C=O) groups is 2. The number of hydrogen-bond acceptors (Lipinski definition) is 10. The fourth-order valence-corrected chi connectivity index (χ4v) is 7.41. The van der Waals surface area contributed by atoms with E-state index in [1.807, 2.05) is 67.7 Å². The molecule has 0 saturated carbocycles. The van der Waals surface area contributed by atoms with Gasteiger partial charge in [0.2, 0.25) is 23.6 Å². The number of piperidine rings is 2. The minimum absolute atomic E-state index is 0. The molecule has 2 aliphatic heterocycles. The molecule has 1 N–H and O–H groups in total. The number of nitrogens with zero attached hydrogens (tertiary/aromatic N) is 7. The van der Waals surface area contributed by atoms with Crippen molar-refractivity contribution in [3.8, 4) is 22.9 Å². The molecule has 6 aromatic rings. The van der Waals surface area contributed by atoms with Crippen LogP contribution in [0.1, 0.15) is 61.4 Å². The summed E-state index contributed by atoms with van der Waals surface area (Å²) in [5, 5.41) is 16.9. The van der Waals surface area contributed by atoms with Crippen LogP contribution < -0.4 is 15.1 Å². The number of anilines is 2. The van der Waals surface area contributed by atoms with Crippen LogP contribution >= 0.6 is 12.4 Å². The average molecular weight is 911 g/mol. The van der Waals surface area contributed by atoms with Crippen molar-refractivity contribution in [3.05, 3.63) is 132 Å². The van der Waals surface area contributed by atoms with Crippen molar-refractivity contribution < 1.29 is 44.8 Å². The lowest BCUT2D eigenvalue weighted by atomic mass is 9.95. The molecule has 2 aliphatic rings. The number of aromatic nitrogens is 4. The molecule has 2 aromatic heterocycles. The third kappa shape index (κ3) is 11.7. The van der Waals surface area contributed by atoms with E-state index < -0.39 is 36.3 Å². The van der Waals surface area contributed by atoms with E-state index in [2.05, 4.69) is 30.6 Å². The monoisotopic (exact) mass is 910 g/mol. The van der Waals surface area contributed by atoms with Gasteiger partial charge < -0.3 is 28.9 Å². The summed E-state index contributed by atoms with van der Waals surface area (Å²) in [4.78, 5) is 32.0. The van der Waals surface area contributed by atoms with E-state index >= 15 is 0 Å². The maximum Gasteiger partial charge on any atom is 0.314 e. The topological polar surface area (TPSA) is 134 Å². The molecular weight excluding hydrogens is 866 g/mol. The van der Waals surface area contributed by atoms with Crippen LogP contribution in [0.15, 0.2) is 106 Å². The molecule has 338 valence electrons. The zero-order valence-corrected chi connectivity index (χ0v) is 35.4. The van der Waals surface area contributed by atoms with E-state index in [0.717, 1.165) is 64.0 Å². The van der Waals surface area contributed by atoms with Gasteiger partial charge in [0.1, 0.15) is 11.6 Å². The Morgan fingerprint density at radius 2 is 1.05 bits per heavy atom. The van der Waals surface area contributed by atoms with E-state index in [9.17, 15) is 35.9 Å². The van der Waals surface area contributed by atoms with Crippen molar-refractivity contribution in [3.63, 3.8) is 0 Å². The lowest BCUT2D eigenvalue weighted by molar-refractivity contribution is -0.124. The van der Waals surface area contributed by atoms with Crippen LogP contribution in [-0.4, -0.2) is 70.3 Å². The molecule has 0 spiro atoms. The molecule has 2 amide bonds. The average Bonchev–Trinajstić information content (AvgIpc) is 4.02. The smallest absolute Gasteiger partial charge is 0.314 e. The fourth-order valence-electron chi connectivity index (χ4n) is 7.41. The van der Waals surface area contributed by atoms with Gasteiger partial charge in [0.25, 0.3) is 11.8 Å². The second kappa shape index (κ2) is 22.0. The summed E-state index contributed by atoms with van der Waals surface area (Å²) in [6, 6.07) is 26.6. The molecule has 4 aromatic carbocycles. The molecule has 0 atom stereocenters. The number of alkyl halides is 4. The Bertz CT molecular complexity index is 2450. The Hall–Kier alpha value is -6.11. The molecule has 2 fully saturated rings. The van der Waals surface area contributed by atoms with Gasteiger partial charge in [-0.1, -0.05) is 48.5 Å². The van der Waals surface area contributed by atoms with Crippen LogP contribution in [0.4, 0.5) is 37.7 Å². The maximum absolute atomic E-state index is 15.0. The highest BCUT2D eigenvalue weighted by molar-refractivity contribution is 5.95. The summed E-state index contributed by atoms with van der Waals surface area (Å²) >= 11 is 0. The lowest BCUT2D eigenvalue weighted by Gasteiger charge is -2.32. The van der Waals surface area contributed by atoms with Crippen LogP contribution in [0.5, 0.6) is 0 Å². The summed E-state index contributed by atoms with van der Waals surface area (Å²) in [6.45, 7) is 3.32. The summed E-state index contributed by atoms with van der Waals surface area (Å²) in [7, 11) is 2.03. The third-order valence-corrected chi connectivity index (χ3v) is 10.9. The van der Waals surface area contributed by atoms with Crippen molar-refractivity contribution in [2.24, 2.45) is 11.8 Å². The first-order valence-electron chi connectivity index (χ1n) is 20.4. The molecule has 0 unspecified atom stereocenters. The highest BCUT2D eigenvalue weighted by Gasteiger charge is 2.30. The van der Waals surface area contributed by atoms with Gasteiger partial charge in [-0.05, 0) is 107 Å². The number of rotatable bonds is 12. The van der Waals surface area contributed by atoms with Crippen LogP contribution in [0, 0.1) is 23.5 Å². The molecule has 0 bridgehead atoms. The Morgan fingerprint density at radius 1 is 0.641 bits per heavy atom. The molecular formula is C45H45ClF6N8O4. The van der Waals surface area contributed by atoms with Gasteiger partial charge in [0.05, 0.1) is 13.1 Å². The number of nitrogens with one attached hydrogen (secondary N) is 1. The number of para-hydroxylation sites is 2. The molecule has 0 aliphatic carbocycles. The predicted molar refractivity (Wildman–Crippen MR) is 228 cm³/mol. The second-order valence-electron chi connectivity index (χ2n) is 15.2. The molecule has 64 heavy (non-hydrogen) atoms. The van der Waals surface area contributed by atoms with Crippen molar-refractivity contribution in [1.29, 1.82) is 0 Å². The van der Waals surface area contributed by atoms with Gasteiger partial charge in [0, 0.05) is 45.5 Å². The quantitative estimate of drug-likeness (QED) is 0.118. The first-order valence-corrected chi connectivity index (χ1v) is 20.4. The van der Waals surface area contributed by atoms with Gasteiger partial charge in [-0.25, -0.2) is 8.78 Å². The molecule has 19 heteroatoms. The lowest BCUT2D eigenvalue weighted by Crippen LogP contribution is -2.41. The Kier molecular flexibility index (Phi) is 16.3. The normalized spacial score (nSPS) is 14.8. The second-order valence-corrected chi connectivity index (χ2v) is 15.2. The van der Waals surface area contributed by atoms with Gasteiger partial charge in [-0.2, -0.15) is 17.6 Å². The summed E-state index contributed by atoms with van der Waals surface area (Å²) in [6.07, 6.45) is -2.83. The first kappa shape index (κ1) is 47.4. The van der Waals surface area contributed by atoms with E-state index in [4.69, 9.17) is 8.83 Å². The van der Waals surface area contributed by atoms with Crippen molar-refractivity contribution >= 4 is 35.6 Å². The minimum Gasteiger partial charge on any atom is -0.415 e. The zero-order valence-electron chi connectivity index (χ0n) is 34.6. The van der Waals surface area contributed by atoms with Crippen molar-refractivity contribution in [2.75, 3.05) is 43.0 Å². The summed E-state index contributed by atoms with van der Waals surface area (Å²) < 4.78 is 90.3. The Morgan fingerprint density at radius 3 is 1.42 bits per heavy atom. The molecule has 4 heterocycles. The van der Waals surface area contributed by atoms with Crippen molar-refractivity contribution in [2.45, 2.75) is 51.6 Å². The van der Waals surface area contributed by atoms with Gasteiger partial charge in [-0.15, -0.1) is 32.8 Å². The number of hydrogen-bond donors (Lipinski definition) is 1. The fraction of sp³-hybridized carbons (Fsp3) is 0.333. The SMILES string of the molecule is CN1CCC(C(=O)N(Cc2ccc(-c3nnc(C(F)F)o3)cc2F)c2ccccc2)CC1.Cl.O=C(C1CCNCC1)N(Cc1ccc(-c2nnc(C(F)F)o2)cc1F)c1ccccc1. The predicted octanol–water partition coefficient (Wildman–Crippen LogP) is 9.46. The molecule has 0 radical (unpaired) electrons. The molecule has 8 rings (SSSR count). The molecule has 12 nitrogen and oxygen atoms in total. The largest absolute Gasteiger partial charge is 0.415 e. The van der Waals surface area contributed by atoms with Crippen LogP contribution in [0.3, 0.4) is 0 Å². The Balaban J connectivity index is 0.000000209. The number of carbonyl (C=O) groups excluding carboxylic acids is 2. The minimum atomic E-state index is -2.90. The maximum atomic E-state index is 15.0. The van der Waals surface area contributed by atoms with Gasteiger partial charge in [0.15, 0.2) is 0 Å². The number of likely N-dealkylation sites (tertiary alicyclic amines) is 1. The summed E-state index contributed by atoms with van der Waals surface area (Å²) in [5.74, 6) is -3.52. The van der Waals surface area contributed by atoms with Gasteiger partial charge >= 0.3 is 12.9 Å². The van der Waals surface area contributed by atoms with Crippen molar-refractivity contribution in [1.82, 2.24) is 30.6 Å². The standard InChI is InChI=1S/C23H23F3N4O2.C22H21F3N4O2.ClH/c1-29-11-9-15(10-12-29)23(31)30(18-5-3-2-4-6-18)14-17-8-7-16(13-19(17)24)21-27-28-22(32-21)20(25)26;23-18-12-15(20-27-28-21(31-20)19(24)25)6-7-16(18)13-29(17-4-2-1-3-5-17)22(30)14-8-10-26-11-9-14;/h2-8,13,15,20H,9-12,14H2,1H3;1-7,12,14,19,26H,8-11,13H2;1H. The Labute approximate surface area is 371 Å². The van der Waals surface area contributed by atoms with E-state index in [1.54, 1.807) is 9.80 Å². The van der Waals surface area contributed by atoms with Gasteiger partial charge in [-0.3, -0.25) is 9.59 Å². The molecule has 2 saturated heterocycles. The van der Waals surface area contributed by atoms with E-state index in [0.29, 0.717) is 22.5 Å². The number of benzene rings is 4. The van der Waals surface area contributed by atoms with E-state index in [1.165, 1.54) is 24.3 Å².